The Labute approximate surface area is 460 Å². The first kappa shape index (κ1) is 53.0. The van der Waals surface area contributed by atoms with Gasteiger partial charge in [0.15, 0.2) is 0 Å². The standard InChI is InChI=1S/C72H80N4O/c1-67(2,3)52-32-35-62-61(43-52)60-34-33-58(46-63(60)76(62)64-44-53(36-37-73-64)71(13,14)50-28-22-18-23-29-50)77-59-42-55(72(15,16)51-30-24-19-25-31-51)41-57(45-59)75-47-74(65(69(7,8)9)66(75)70(10,11)12)56-39-49(48-26-20-17-21-27-48)38-54(40-56)68(4,5)6/h17-46H,47H2,1-16H3. The van der Waals surface area contributed by atoms with Gasteiger partial charge in [0.2, 0.25) is 0 Å². The van der Waals surface area contributed by atoms with Crippen molar-refractivity contribution in [2.45, 2.75) is 132 Å². The van der Waals surface area contributed by atoms with Gasteiger partial charge in [-0.3, -0.25) is 4.57 Å². The number of aromatic nitrogens is 2. The molecule has 10 rings (SSSR count). The van der Waals surface area contributed by atoms with Crippen LogP contribution in [0.3, 0.4) is 0 Å². The highest BCUT2D eigenvalue weighted by Gasteiger charge is 2.43. The van der Waals surface area contributed by atoms with Gasteiger partial charge in [0.25, 0.3) is 0 Å². The molecular weight excluding hydrogens is 937 g/mol. The highest BCUT2D eigenvalue weighted by atomic mass is 16.5. The quantitative estimate of drug-likeness (QED) is 0.137. The molecule has 77 heavy (non-hydrogen) atoms. The van der Waals surface area contributed by atoms with Crippen molar-refractivity contribution >= 4 is 33.2 Å². The molecule has 3 heterocycles. The summed E-state index contributed by atoms with van der Waals surface area (Å²) >= 11 is 0. The van der Waals surface area contributed by atoms with Crippen LogP contribution in [-0.2, 0) is 21.7 Å². The lowest BCUT2D eigenvalue weighted by Crippen LogP contribution is -2.32. The SMILES string of the molecule is CC(C)(C)C1=C(C(C)(C)C)N(c2cc(Oc3ccc4c5cc(C(C)(C)C)ccc5n(-c5cc(C(C)(C)c6ccccc6)ccn5)c4c3)cc(C(C)(C)c3ccccc3)c2)CN1c1cc(-c2ccccc2)cc(C(C)(C)C)c1. The van der Waals surface area contributed by atoms with Crippen molar-refractivity contribution in [1.29, 1.82) is 0 Å². The van der Waals surface area contributed by atoms with Crippen LogP contribution in [0.4, 0.5) is 11.4 Å². The minimum absolute atomic E-state index is 0.0244. The first-order chi connectivity index (χ1) is 36.2. The molecule has 0 N–H and O–H groups in total. The van der Waals surface area contributed by atoms with Gasteiger partial charge >= 0.3 is 0 Å². The molecular formula is C72H80N4O. The number of pyridine rings is 1. The van der Waals surface area contributed by atoms with E-state index in [0.717, 1.165) is 39.4 Å². The summed E-state index contributed by atoms with van der Waals surface area (Å²) in [7, 11) is 0. The van der Waals surface area contributed by atoms with E-state index in [1.165, 1.54) is 67.0 Å². The fraction of sp³-hybridized carbons (Fsp3) is 0.319. The van der Waals surface area contributed by atoms with Gasteiger partial charge in [-0.05, 0) is 116 Å². The van der Waals surface area contributed by atoms with Crippen molar-refractivity contribution in [2.24, 2.45) is 10.8 Å². The lowest BCUT2D eigenvalue weighted by molar-refractivity contribution is 0.444. The minimum Gasteiger partial charge on any atom is -0.457 e. The van der Waals surface area contributed by atoms with Crippen molar-refractivity contribution in [1.82, 2.24) is 9.55 Å². The number of nitrogens with zero attached hydrogens (tertiary/aromatic N) is 4. The summed E-state index contributed by atoms with van der Waals surface area (Å²) in [5, 5.41) is 2.35. The Morgan fingerprint density at radius 1 is 0.364 bits per heavy atom. The topological polar surface area (TPSA) is 33.5 Å². The molecule has 0 spiro atoms. The number of rotatable bonds is 10. The molecule has 0 fully saturated rings. The molecule has 5 heteroatoms. The molecule has 0 amide bonds. The predicted molar refractivity (Wildman–Crippen MR) is 327 cm³/mol. The minimum atomic E-state index is -0.357. The zero-order valence-electron chi connectivity index (χ0n) is 48.7. The summed E-state index contributed by atoms with van der Waals surface area (Å²) in [6.45, 7) is 37.9. The molecule has 0 bridgehead atoms. The predicted octanol–water partition coefficient (Wildman–Crippen LogP) is 19.5. The average molecular weight is 1020 g/mol. The number of fused-ring (bicyclic) bond motifs is 3. The Hall–Kier alpha value is -7.37. The van der Waals surface area contributed by atoms with Crippen molar-refractivity contribution < 1.29 is 4.74 Å². The molecule has 0 saturated carbocycles. The maximum atomic E-state index is 7.31. The van der Waals surface area contributed by atoms with Gasteiger partial charge in [0, 0.05) is 73.5 Å². The van der Waals surface area contributed by atoms with E-state index in [1.807, 2.05) is 6.20 Å². The monoisotopic (exact) mass is 1020 g/mol. The van der Waals surface area contributed by atoms with Crippen LogP contribution >= 0.6 is 0 Å². The van der Waals surface area contributed by atoms with E-state index in [2.05, 4.69) is 301 Å². The number of ether oxygens (including phenoxy) is 1. The molecule has 2 aromatic heterocycles. The van der Waals surface area contributed by atoms with Crippen LogP contribution in [0.1, 0.15) is 144 Å². The summed E-state index contributed by atoms with van der Waals surface area (Å²) in [5.41, 5.74) is 15.9. The average Bonchev–Trinajstić information content (AvgIpc) is 4.20. The zero-order chi connectivity index (χ0) is 55.0. The molecule has 0 aliphatic carbocycles. The summed E-state index contributed by atoms with van der Waals surface area (Å²) in [6, 6.07) is 64.7. The van der Waals surface area contributed by atoms with Gasteiger partial charge in [-0.25, -0.2) is 4.98 Å². The molecule has 5 nitrogen and oxygen atoms in total. The van der Waals surface area contributed by atoms with E-state index >= 15 is 0 Å². The Kier molecular flexibility index (Phi) is 13.3. The molecule has 394 valence electrons. The summed E-state index contributed by atoms with van der Waals surface area (Å²) in [5.74, 6) is 2.42. The normalized spacial score (nSPS) is 14.1. The number of hydrogen-bond acceptors (Lipinski definition) is 4. The highest BCUT2D eigenvalue weighted by molar-refractivity contribution is 6.10. The van der Waals surface area contributed by atoms with E-state index < -0.39 is 0 Å². The maximum Gasteiger partial charge on any atom is 0.137 e. The molecule has 0 saturated heterocycles. The first-order valence-electron chi connectivity index (χ1n) is 27.7. The third-order valence-corrected chi connectivity index (χ3v) is 16.1. The third-order valence-electron chi connectivity index (χ3n) is 16.1. The van der Waals surface area contributed by atoms with Gasteiger partial charge in [0.1, 0.15) is 17.3 Å². The Morgan fingerprint density at radius 3 is 1.48 bits per heavy atom. The van der Waals surface area contributed by atoms with E-state index in [1.54, 1.807) is 0 Å². The Bertz CT molecular complexity index is 3660. The van der Waals surface area contributed by atoms with Crippen LogP contribution in [-0.4, -0.2) is 16.2 Å². The van der Waals surface area contributed by atoms with Gasteiger partial charge < -0.3 is 14.5 Å². The summed E-state index contributed by atoms with van der Waals surface area (Å²) < 4.78 is 9.65. The fourth-order valence-corrected chi connectivity index (χ4v) is 11.5. The van der Waals surface area contributed by atoms with Crippen molar-refractivity contribution in [3.8, 4) is 28.4 Å². The Morgan fingerprint density at radius 2 is 0.909 bits per heavy atom. The van der Waals surface area contributed by atoms with Gasteiger partial charge in [0.05, 0.1) is 17.7 Å². The molecule has 7 aromatic carbocycles. The molecule has 0 radical (unpaired) electrons. The Balaban J connectivity index is 1.15. The van der Waals surface area contributed by atoms with E-state index in [-0.39, 0.29) is 32.5 Å². The first-order valence-corrected chi connectivity index (χ1v) is 27.7. The van der Waals surface area contributed by atoms with Crippen molar-refractivity contribution in [3.05, 3.63) is 227 Å². The molecule has 0 atom stereocenters. The zero-order valence-corrected chi connectivity index (χ0v) is 48.7. The highest BCUT2D eigenvalue weighted by Crippen LogP contribution is 2.51. The van der Waals surface area contributed by atoms with E-state index in [4.69, 9.17) is 9.72 Å². The number of anilines is 2. The second-order valence-electron chi connectivity index (χ2n) is 26.8. The summed E-state index contributed by atoms with van der Waals surface area (Å²) in [4.78, 5) is 10.3. The van der Waals surface area contributed by atoms with Gasteiger partial charge in [-0.15, -0.1) is 0 Å². The van der Waals surface area contributed by atoms with Crippen molar-refractivity contribution in [2.75, 3.05) is 16.5 Å². The molecule has 0 unspecified atom stereocenters. The lowest BCUT2D eigenvalue weighted by Gasteiger charge is -2.35. The largest absolute Gasteiger partial charge is 0.457 e. The van der Waals surface area contributed by atoms with Crippen LogP contribution in [0.2, 0.25) is 0 Å². The van der Waals surface area contributed by atoms with Crippen LogP contribution in [0.25, 0.3) is 38.8 Å². The van der Waals surface area contributed by atoms with Crippen LogP contribution in [0, 0.1) is 10.8 Å². The van der Waals surface area contributed by atoms with Crippen LogP contribution in [0.5, 0.6) is 11.5 Å². The number of benzene rings is 7. The van der Waals surface area contributed by atoms with Crippen LogP contribution in [0.15, 0.2) is 194 Å². The molecule has 1 aliphatic heterocycles. The second-order valence-corrected chi connectivity index (χ2v) is 26.8. The van der Waals surface area contributed by atoms with E-state index in [9.17, 15) is 0 Å². The lowest BCUT2D eigenvalue weighted by atomic mass is 9.77. The van der Waals surface area contributed by atoms with Crippen molar-refractivity contribution in [3.63, 3.8) is 0 Å². The molecule has 9 aromatic rings. The van der Waals surface area contributed by atoms with Crippen LogP contribution < -0.4 is 14.5 Å². The van der Waals surface area contributed by atoms with Gasteiger partial charge in [-0.1, -0.05) is 214 Å². The molecule has 1 aliphatic rings. The third kappa shape index (κ3) is 10.2. The fourth-order valence-electron chi connectivity index (χ4n) is 11.5. The maximum absolute atomic E-state index is 7.31. The summed E-state index contributed by atoms with van der Waals surface area (Å²) in [6.07, 6.45) is 1.97. The number of allylic oxidation sites excluding steroid dienone is 2. The van der Waals surface area contributed by atoms with Gasteiger partial charge in [-0.2, -0.15) is 0 Å². The van der Waals surface area contributed by atoms with E-state index in [0.29, 0.717) is 6.67 Å². The smallest absolute Gasteiger partial charge is 0.137 e. The number of hydrogen-bond donors (Lipinski definition) is 0. The second kappa shape index (κ2) is 19.3.